The number of benzene rings is 1. The molecule has 0 aliphatic heterocycles. The van der Waals surface area contributed by atoms with Gasteiger partial charge >= 0.3 is 0 Å². The normalized spacial score (nSPS) is 10.5. The molecule has 2 amide bonds. The fraction of sp³-hybridized carbons (Fsp3) is 0.0625. The fourth-order valence-corrected chi connectivity index (χ4v) is 2.78. The van der Waals surface area contributed by atoms with Gasteiger partial charge in [0, 0.05) is 15.7 Å². The summed E-state index contributed by atoms with van der Waals surface area (Å²) in [7, 11) is 0. The van der Waals surface area contributed by atoms with E-state index in [2.05, 4.69) is 36.9 Å². The average molecular weight is 423 g/mol. The molecule has 128 valence electrons. The van der Waals surface area contributed by atoms with Crippen molar-refractivity contribution < 1.29 is 9.59 Å². The molecular formula is C16H13BrClN5O2. The van der Waals surface area contributed by atoms with Crippen LogP contribution in [0.25, 0.3) is 5.69 Å². The second-order valence-corrected chi connectivity index (χ2v) is 6.53. The summed E-state index contributed by atoms with van der Waals surface area (Å²) in [5, 5.41) is 4.78. The number of carbonyl (C=O) groups is 2. The van der Waals surface area contributed by atoms with Crippen LogP contribution >= 0.6 is 27.5 Å². The molecule has 3 N–H and O–H groups in total. The number of H-pyrrole nitrogens is 1. The quantitative estimate of drug-likeness (QED) is 0.567. The van der Waals surface area contributed by atoms with Gasteiger partial charge in [-0.3, -0.25) is 20.4 Å². The van der Waals surface area contributed by atoms with E-state index in [1.54, 1.807) is 42.1 Å². The second-order valence-electron chi connectivity index (χ2n) is 5.18. The van der Waals surface area contributed by atoms with Gasteiger partial charge < -0.3 is 4.98 Å². The molecule has 2 aromatic heterocycles. The topological polar surface area (TPSA) is 91.8 Å². The molecule has 7 nitrogen and oxygen atoms in total. The molecule has 0 aliphatic rings. The van der Waals surface area contributed by atoms with Crippen LogP contribution in [-0.4, -0.2) is 26.6 Å². The van der Waals surface area contributed by atoms with E-state index in [0.29, 0.717) is 22.0 Å². The zero-order valence-corrected chi connectivity index (χ0v) is 15.4. The third-order valence-corrected chi connectivity index (χ3v) is 4.18. The second kappa shape index (κ2) is 7.12. The molecular weight excluding hydrogens is 410 g/mol. The molecule has 0 saturated carbocycles. The van der Waals surface area contributed by atoms with Crippen molar-refractivity contribution in [1.82, 2.24) is 25.6 Å². The Labute approximate surface area is 156 Å². The number of nitrogens with one attached hydrogen (secondary N) is 3. The lowest BCUT2D eigenvalue weighted by Crippen LogP contribution is -2.41. The summed E-state index contributed by atoms with van der Waals surface area (Å²) in [5.74, 6) is -0.927. The van der Waals surface area contributed by atoms with Crippen LogP contribution in [0.1, 0.15) is 26.5 Å². The molecule has 25 heavy (non-hydrogen) atoms. The number of hydrazine groups is 1. The maximum Gasteiger partial charge on any atom is 0.286 e. The highest BCUT2D eigenvalue weighted by Gasteiger charge is 2.16. The Morgan fingerprint density at radius 1 is 1.24 bits per heavy atom. The van der Waals surface area contributed by atoms with Crippen molar-refractivity contribution in [2.45, 2.75) is 6.92 Å². The number of hydrogen-bond donors (Lipinski definition) is 3. The number of nitrogens with zero attached hydrogens (tertiary/aromatic N) is 2. The van der Waals surface area contributed by atoms with Crippen molar-refractivity contribution in [2.24, 2.45) is 0 Å². The van der Waals surface area contributed by atoms with E-state index in [9.17, 15) is 9.59 Å². The van der Waals surface area contributed by atoms with Crippen LogP contribution in [0.2, 0.25) is 5.02 Å². The predicted molar refractivity (Wildman–Crippen MR) is 96.7 cm³/mol. The molecule has 0 spiro atoms. The standard InChI is InChI=1S/C16H13BrClN5O2/c1-9-13(8-20-23(9)12-4-2-3-11(18)6-12)15(24)21-22-16(25)14-5-10(17)7-19-14/h2-8,19H,1H3,(H,21,24)(H,22,25). The zero-order chi connectivity index (χ0) is 18.0. The Morgan fingerprint density at radius 2 is 2.00 bits per heavy atom. The highest BCUT2D eigenvalue weighted by atomic mass is 79.9. The Balaban J connectivity index is 1.72. The molecule has 0 aliphatic carbocycles. The average Bonchev–Trinajstić information content (AvgIpc) is 3.18. The van der Waals surface area contributed by atoms with Gasteiger partial charge in [0.2, 0.25) is 0 Å². The van der Waals surface area contributed by atoms with Crippen molar-refractivity contribution in [3.05, 3.63) is 69.2 Å². The Kier molecular flexibility index (Phi) is 4.91. The minimum Gasteiger partial charge on any atom is -0.356 e. The van der Waals surface area contributed by atoms with Gasteiger partial charge in [0.1, 0.15) is 5.69 Å². The molecule has 3 aromatic rings. The first-order valence-corrected chi connectivity index (χ1v) is 8.38. The summed E-state index contributed by atoms with van der Waals surface area (Å²) in [6, 6.07) is 8.73. The Morgan fingerprint density at radius 3 is 2.68 bits per heavy atom. The van der Waals surface area contributed by atoms with Crippen LogP contribution in [-0.2, 0) is 0 Å². The first-order chi connectivity index (χ1) is 12.0. The van der Waals surface area contributed by atoms with Crippen LogP contribution in [0.3, 0.4) is 0 Å². The first kappa shape index (κ1) is 17.2. The fourth-order valence-electron chi connectivity index (χ4n) is 2.25. The lowest BCUT2D eigenvalue weighted by molar-refractivity contribution is 0.0844. The molecule has 0 saturated heterocycles. The minimum atomic E-state index is -0.468. The van der Waals surface area contributed by atoms with E-state index in [0.717, 1.165) is 10.2 Å². The summed E-state index contributed by atoms with van der Waals surface area (Å²) in [6.07, 6.45) is 3.05. The Hall–Kier alpha value is -2.58. The summed E-state index contributed by atoms with van der Waals surface area (Å²) in [4.78, 5) is 27.0. The van der Waals surface area contributed by atoms with Gasteiger partial charge in [0.05, 0.1) is 23.1 Å². The predicted octanol–water partition coefficient (Wildman–Crippen LogP) is 3.00. The summed E-state index contributed by atoms with van der Waals surface area (Å²) in [6.45, 7) is 1.76. The number of amides is 2. The molecule has 0 atom stereocenters. The smallest absolute Gasteiger partial charge is 0.286 e. The summed E-state index contributed by atoms with van der Waals surface area (Å²) < 4.78 is 2.34. The van der Waals surface area contributed by atoms with Crippen LogP contribution in [0.4, 0.5) is 0 Å². The van der Waals surface area contributed by atoms with Crippen molar-refractivity contribution in [2.75, 3.05) is 0 Å². The Bertz CT molecular complexity index is 950. The van der Waals surface area contributed by atoms with Crippen LogP contribution in [0.15, 0.2) is 47.2 Å². The number of aromatic amines is 1. The van der Waals surface area contributed by atoms with Crippen LogP contribution < -0.4 is 10.9 Å². The molecule has 2 heterocycles. The largest absolute Gasteiger partial charge is 0.356 e. The molecule has 3 rings (SSSR count). The van der Waals surface area contributed by atoms with Crippen molar-refractivity contribution in [3.8, 4) is 5.69 Å². The van der Waals surface area contributed by atoms with Gasteiger partial charge in [-0.1, -0.05) is 17.7 Å². The highest BCUT2D eigenvalue weighted by molar-refractivity contribution is 9.10. The van der Waals surface area contributed by atoms with E-state index in [-0.39, 0.29) is 0 Å². The van der Waals surface area contributed by atoms with Crippen molar-refractivity contribution >= 4 is 39.3 Å². The monoisotopic (exact) mass is 421 g/mol. The summed E-state index contributed by atoms with van der Waals surface area (Å²) in [5.41, 5.74) is 6.74. The van der Waals surface area contributed by atoms with Crippen LogP contribution in [0, 0.1) is 6.92 Å². The van der Waals surface area contributed by atoms with E-state index >= 15 is 0 Å². The maximum absolute atomic E-state index is 12.3. The third kappa shape index (κ3) is 3.75. The third-order valence-electron chi connectivity index (χ3n) is 3.49. The lowest BCUT2D eigenvalue weighted by Gasteiger charge is -2.07. The van der Waals surface area contributed by atoms with E-state index < -0.39 is 11.8 Å². The molecule has 0 radical (unpaired) electrons. The first-order valence-electron chi connectivity index (χ1n) is 7.21. The van der Waals surface area contributed by atoms with Crippen LogP contribution in [0.5, 0.6) is 0 Å². The van der Waals surface area contributed by atoms with Gasteiger partial charge in [0.25, 0.3) is 11.8 Å². The molecule has 1 aromatic carbocycles. The summed E-state index contributed by atoms with van der Waals surface area (Å²) >= 11 is 9.22. The van der Waals surface area contributed by atoms with Gasteiger partial charge in [-0.15, -0.1) is 0 Å². The van der Waals surface area contributed by atoms with Crippen molar-refractivity contribution in [1.29, 1.82) is 0 Å². The van der Waals surface area contributed by atoms with Crippen molar-refractivity contribution in [3.63, 3.8) is 0 Å². The van der Waals surface area contributed by atoms with Gasteiger partial charge in [-0.05, 0) is 47.1 Å². The van der Waals surface area contributed by atoms with E-state index in [1.807, 2.05) is 6.07 Å². The van der Waals surface area contributed by atoms with Gasteiger partial charge in [-0.2, -0.15) is 5.10 Å². The lowest BCUT2D eigenvalue weighted by atomic mass is 10.2. The zero-order valence-electron chi connectivity index (χ0n) is 13.0. The van der Waals surface area contributed by atoms with E-state index in [4.69, 9.17) is 11.6 Å². The van der Waals surface area contributed by atoms with Gasteiger partial charge in [-0.25, -0.2) is 4.68 Å². The number of halogens is 2. The minimum absolute atomic E-state index is 0.318. The van der Waals surface area contributed by atoms with Gasteiger partial charge in [0.15, 0.2) is 0 Å². The molecule has 0 fully saturated rings. The molecule has 0 bridgehead atoms. The number of hydrogen-bond acceptors (Lipinski definition) is 3. The number of carbonyl (C=O) groups excluding carboxylic acids is 2. The SMILES string of the molecule is Cc1c(C(=O)NNC(=O)c2cc(Br)c[nH]2)cnn1-c1cccc(Cl)c1. The highest BCUT2D eigenvalue weighted by Crippen LogP contribution is 2.18. The maximum atomic E-state index is 12.3. The molecule has 9 heteroatoms. The van der Waals surface area contributed by atoms with E-state index in [1.165, 1.54) is 6.20 Å². The number of aromatic nitrogens is 3. The molecule has 0 unspecified atom stereocenters. The number of rotatable bonds is 3.